The van der Waals surface area contributed by atoms with E-state index in [9.17, 15) is 0 Å². The molecule has 112 valence electrons. The van der Waals surface area contributed by atoms with Crippen LogP contribution in [0.4, 0.5) is 0 Å². The van der Waals surface area contributed by atoms with Gasteiger partial charge in [0.05, 0.1) is 6.61 Å². The second kappa shape index (κ2) is 7.05. The van der Waals surface area contributed by atoms with E-state index in [0.717, 1.165) is 38.0 Å². The summed E-state index contributed by atoms with van der Waals surface area (Å²) in [4.78, 5) is 0. The minimum absolute atomic E-state index is 0.0645. The molecule has 0 aromatic rings. The quantitative estimate of drug-likeness (QED) is 0.804. The van der Waals surface area contributed by atoms with E-state index in [1.54, 1.807) is 0 Å². The van der Waals surface area contributed by atoms with Crippen LogP contribution in [-0.2, 0) is 9.47 Å². The van der Waals surface area contributed by atoms with Crippen molar-refractivity contribution in [2.24, 2.45) is 11.8 Å². The van der Waals surface area contributed by atoms with E-state index >= 15 is 0 Å². The van der Waals surface area contributed by atoms with Gasteiger partial charge in [0.15, 0.2) is 0 Å². The van der Waals surface area contributed by atoms with Gasteiger partial charge < -0.3 is 14.8 Å². The first-order chi connectivity index (χ1) is 9.13. The van der Waals surface area contributed by atoms with Crippen LogP contribution in [0.2, 0.25) is 0 Å². The maximum Gasteiger partial charge on any atom is 0.106 e. The van der Waals surface area contributed by atoms with Crippen LogP contribution in [-0.4, -0.2) is 38.5 Å². The molecule has 1 saturated heterocycles. The third-order valence-corrected chi connectivity index (χ3v) is 4.80. The van der Waals surface area contributed by atoms with Crippen LogP contribution in [0.1, 0.15) is 52.4 Å². The van der Waals surface area contributed by atoms with Gasteiger partial charge in [-0.25, -0.2) is 0 Å². The van der Waals surface area contributed by atoms with Crippen LogP contribution >= 0.6 is 0 Å². The first kappa shape index (κ1) is 15.3. The van der Waals surface area contributed by atoms with Crippen molar-refractivity contribution in [3.05, 3.63) is 0 Å². The highest BCUT2D eigenvalue weighted by Gasteiger charge is 2.35. The highest BCUT2D eigenvalue weighted by atomic mass is 16.5. The maximum absolute atomic E-state index is 5.69. The van der Waals surface area contributed by atoms with Gasteiger partial charge in [0.1, 0.15) is 5.60 Å². The van der Waals surface area contributed by atoms with Gasteiger partial charge in [0.2, 0.25) is 0 Å². The number of nitrogens with one attached hydrogen (secondary N) is 1. The molecule has 1 N–H and O–H groups in total. The summed E-state index contributed by atoms with van der Waals surface area (Å²) in [7, 11) is 1.82. The summed E-state index contributed by atoms with van der Waals surface area (Å²) in [5.41, 5.74) is -0.0645. The van der Waals surface area contributed by atoms with Crippen molar-refractivity contribution >= 4 is 0 Å². The van der Waals surface area contributed by atoms with Crippen molar-refractivity contribution in [2.45, 2.75) is 64.0 Å². The maximum atomic E-state index is 5.69. The molecule has 0 aromatic heterocycles. The number of ether oxygens (including phenoxy) is 2. The molecule has 0 aromatic carbocycles. The summed E-state index contributed by atoms with van der Waals surface area (Å²) in [6.07, 6.45) is 7.89. The van der Waals surface area contributed by atoms with Crippen LogP contribution in [0.15, 0.2) is 0 Å². The van der Waals surface area contributed by atoms with E-state index in [1.165, 1.54) is 32.1 Å². The van der Waals surface area contributed by atoms with E-state index in [2.05, 4.69) is 19.2 Å². The molecule has 1 saturated carbocycles. The second-order valence-corrected chi connectivity index (χ2v) is 6.93. The Labute approximate surface area is 118 Å². The Kier molecular flexibility index (Phi) is 5.67. The molecule has 3 unspecified atom stereocenters. The van der Waals surface area contributed by atoms with Crippen LogP contribution in [0.25, 0.3) is 0 Å². The Balaban J connectivity index is 1.75. The van der Waals surface area contributed by atoms with Gasteiger partial charge in [0, 0.05) is 32.7 Å². The van der Waals surface area contributed by atoms with Crippen molar-refractivity contribution in [3.8, 4) is 0 Å². The molecule has 3 nitrogen and oxygen atoms in total. The molecule has 2 rings (SSSR count). The Morgan fingerprint density at radius 2 is 2.21 bits per heavy atom. The first-order valence-electron chi connectivity index (χ1n) is 8.00. The highest BCUT2D eigenvalue weighted by Crippen LogP contribution is 2.30. The minimum Gasteiger partial charge on any atom is -0.378 e. The number of hydrogen-bond acceptors (Lipinski definition) is 3. The molecular weight excluding hydrogens is 238 g/mol. The van der Waals surface area contributed by atoms with Gasteiger partial charge >= 0.3 is 0 Å². The van der Waals surface area contributed by atoms with Crippen LogP contribution in [0.5, 0.6) is 0 Å². The van der Waals surface area contributed by atoms with Gasteiger partial charge in [-0.05, 0) is 31.1 Å². The van der Waals surface area contributed by atoms with Crippen molar-refractivity contribution in [2.75, 3.05) is 26.9 Å². The van der Waals surface area contributed by atoms with Gasteiger partial charge in [-0.2, -0.15) is 0 Å². The molecule has 1 aliphatic carbocycles. The minimum atomic E-state index is -0.0645. The van der Waals surface area contributed by atoms with Crippen molar-refractivity contribution in [1.29, 1.82) is 0 Å². The largest absolute Gasteiger partial charge is 0.378 e. The average molecular weight is 269 g/mol. The number of rotatable bonds is 6. The lowest BCUT2D eigenvalue weighted by Crippen LogP contribution is -2.47. The smallest absolute Gasteiger partial charge is 0.106 e. The van der Waals surface area contributed by atoms with Gasteiger partial charge in [0.25, 0.3) is 0 Å². The van der Waals surface area contributed by atoms with Crippen LogP contribution in [0, 0.1) is 11.8 Å². The molecular formula is C16H31NO2. The SMILES string of the molecule is COC1(CNC2CCCC(CC(C)C)C2)CCOC1. The van der Waals surface area contributed by atoms with Gasteiger partial charge in [-0.1, -0.05) is 26.7 Å². The van der Waals surface area contributed by atoms with Gasteiger partial charge in [-0.15, -0.1) is 0 Å². The molecule has 0 spiro atoms. The molecule has 2 aliphatic rings. The lowest BCUT2D eigenvalue weighted by Gasteiger charge is -2.34. The number of hydrogen-bond donors (Lipinski definition) is 1. The molecule has 3 heteroatoms. The fraction of sp³-hybridized carbons (Fsp3) is 1.00. The Bertz CT molecular complexity index is 261. The Morgan fingerprint density at radius 3 is 2.84 bits per heavy atom. The third-order valence-electron chi connectivity index (χ3n) is 4.80. The highest BCUT2D eigenvalue weighted by molar-refractivity contribution is 4.89. The monoisotopic (exact) mass is 269 g/mol. The second-order valence-electron chi connectivity index (χ2n) is 6.93. The van der Waals surface area contributed by atoms with Crippen molar-refractivity contribution in [3.63, 3.8) is 0 Å². The molecule has 2 fully saturated rings. The molecule has 1 heterocycles. The predicted molar refractivity (Wildman–Crippen MR) is 78.4 cm³/mol. The first-order valence-corrected chi connectivity index (χ1v) is 8.00. The van der Waals surface area contributed by atoms with Gasteiger partial charge in [-0.3, -0.25) is 0 Å². The topological polar surface area (TPSA) is 30.5 Å². The summed E-state index contributed by atoms with van der Waals surface area (Å²) in [5, 5.41) is 3.75. The molecule has 0 bridgehead atoms. The fourth-order valence-electron chi connectivity index (χ4n) is 3.65. The lowest BCUT2D eigenvalue weighted by molar-refractivity contribution is -0.0187. The molecule has 0 amide bonds. The van der Waals surface area contributed by atoms with E-state index in [0.29, 0.717) is 6.04 Å². The van der Waals surface area contributed by atoms with E-state index in [1.807, 2.05) is 7.11 Å². The summed E-state index contributed by atoms with van der Waals surface area (Å²) >= 11 is 0. The summed E-state index contributed by atoms with van der Waals surface area (Å²) < 4.78 is 11.2. The number of methoxy groups -OCH3 is 1. The Morgan fingerprint density at radius 1 is 1.37 bits per heavy atom. The standard InChI is InChI=1S/C16H31NO2/c1-13(2)9-14-5-4-6-15(10-14)17-11-16(18-3)7-8-19-12-16/h13-15,17H,4-12H2,1-3H3. The van der Waals surface area contributed by atoms with E-state index < -0.39 is 0 Å². The lowest BCUT2D eigenvalue weighted by atomic mass is 9.81. The zero-order chi connectivity index (χ0) is 13.7. The van der Waals surface area contributed by atoms with E-state index in [4.69, 9.17) is 9.47 Å². The summed E-state index contributed by atoms with van der Waals surface area (Å²) in [6, 6.07) is 0.685. The average Bonchev–Trinajstić information content (AvgIpc) is 2.86. The zero-order valence-corrected chi connectivity index (χ0v) is 12.9. The summed E-state index contributed by atoms with van der Waals surface area (Å²) in [6.45, 7) is 7.22. The fourth-order valence-corrected chi connectivity index (χ4v) is 3.65. The molecule has 1 aliphatic heterocycles. The zero-order valence-electron chi connectivity index (χ0n) is 12.9. The van der Waals surface area contributed by atoms with Crippen molar-refractivity contribution < 1.29 is 9.47 Å². The van der Waals surface area contributed by atoms with E-state index in [-0.39, 0.29) is 5.60 Å². The van der Waals surface area contributed by atoms with Crippen LogP contribution in [0.3, 0.4) is 0 Å². The predicted octanol–water partition coefficient (Wildman–Crippen LogP) is 2.99. The molecule has 19 heavy (non-hydrogen) atoms. The van der Waals surface area contributed by atoms with Crippen molar-refractivity contribution in [1.82, 2.24) is 5.32 Å². The normalized spacial score (nSPS) is 36.0. The summed E-state index contributed by atoms with van der Waals surface area (Å²) in [5.74, 6) is 1.75. The Hall–Kier alpha value is -0.120. The molecule has 3 atom stereocenters. The third kappa shape index (κ3) is 4.44. The molecule has 0 radical (unpaired) electrons. The van der Waals surface area contributed by atoms with Crippen LogP contribution < -0.4 is 5.32 Å².